The summed E-state index contributed by atoms with van der Waals surface area (Å²) >= 11 is 2.04. The van der Waals surface area contributed by atoms with Gasteiger partial charge in [-0.1, -0.05) is 25.5 Å². The van der Waals surface area contributed by atoms with Gasteiger partial charge in [0.25, 0.3) is 0 Å². The first-order valence-corrected chi connectivity index (χ1v) is 8.97. The summed E-state index contributed by atoms with van der Waals surface area (Å²) in [5, 5.41) is 4.22. The zero-order valence-electron chi connectivity index (χ0n) is 13.0. The molecule has 1 N–H and O–H groups in total. The molecule has 0 aliphatic carbocycles. The van der Waals surface area contributed by atoms with Gasteiger partial charge in [-0.25, -0.2) is 4.39 Å². The third-order valence-electron chi connectivity index (χ3n) is 4.02. The number of rotatable bonds is 7. The normalized spacial score (nSPS) is 20.2. The van der Waals surface area contributed by atoms with Crippen LogP contribution >= 0.6 is 11.8 Å². The summed E-state index contributed by atoms with van der Waals surface area (Å²) in [6, 6.07) is 5.79. The lowest BCUT2D eigenvalue weighted by Crippen LogP contribution is -2.41. The molecule has 1 saturated heterocycles. The molecule has 0 radical (unpaired) electrons. The Bertz CT molecular complexity index is 435. The highest BCUT2D eigenvalue weighted by Crippen LogP contribution is 2.30. The average molecular weight is 311 g/mol. The van der Waals surface area contributed by atoms with Crippen molar-refractivity contribution in [2.24, 2.45) is 0 Å². The maximum absolute atomic E-state index is 14.4. The number of nitrogens with one attached hydrogen (secondary N) is 1. The summed E-state index contributed by atoms with van der Waals surface area (Å²) in [6.07, 6.45) is 5.69. The smallest absolute Gasteiger partial charge is 0.168 e. The molecule has 2 unspecified atom stereocenters. The lowest BCUT2D eigenvalue weighted by atomic mass is 9.98. The van der Waals surface area contributed by atoms with Gasteiger partial charge in [0.2, 0.25) is 0 Å². The van der Waals surface area contributed by atoms with Crippen LogP contribution in [0.25, 0.3) is 0 Å². The largest absolute Gasteiger partial charge is 0.494 e. The third-order valence-corrected chi connectivity index (χ3v) is 5.54. The second-order valence-corrected chi connectivity index (χ2v) is 6.95. The Hall–Kier alpha value is -0.740. The number of hydrogen-bond acceptors (Lipinski definition) is 3. The standard InChI is InChI=1S/C17H26FNOS/c1-3-10-19-14(16-9-4-5-11-21-16)12-13-7-6-8-15(20-2)17(13)18/h6-8,14,16,19H,3-5,9-12H2,1-2H3. The van der Waals surface area contributed by atoms with Gasteiger partial charge in [-0.3, -0.25) is 0 Å². The summed E-state index contributed by atoms with van der Waals surface area (Å²) in [4.78, 5) is 0. The number of thioether (sulfide) groups is 1. The molecular weight excluding hydrogens is 285 g/mol. The number of methoxy groups -OCH3 is 1. The van der Waals surface area contributed by atoms with E-state index in [1.165, 1.54) is 32.1 Å². The van der Waals surface area contributed by atoms with E-state index in [0.717, 1.165) is 24.9 Å². The first kappa shape index (κ1) is 16.6. The molecule has 1 aromatic carbocycles. The molecular formula is C17H26FNOS. The minimum atomic E-state index is -0.205. The molecule has 1 heterocycles. The Kier molecular flexibility index (Phi) is 6.84. The highest BCUT2D eigenvalue weighted by atomic mass is 32.2. The summed E-state index contributed by atoms with van der Waals surface area (Å²) in [6.45, 7) is 3.16. The van der Waals surface area contributed by atoms with Crippen molar-refractivity contribution in [3.63, 3.8) is 0 Å². The fourth-order valence-electron chi connectivity index (χ4n) is 2.86. The Morgan fingerprint density at radius 1 is 1.43 bits per heavy atom. The van der Waals surface area contributed by atoms with Crippen LogP contribution in [-0.2, 0) is 6.42 Å². The van der Waals surface area contributed by atoms with E-state index >= 15 is 0 Å². The van der Waals surface area contributed by atoms with Crippen molar-refractivity contribution in [1.82, 2.24) is 5.32 Å². The fraction of sp³-hybridized carbons (Fsp3) is 0.647. The van der Waals surface area contributed by atoms with E-state index in [1.807, 2.05) is 23.9 Å². The predicted molar refractivity (Wildman–Crippen MR) is 88.8 cm³/mol. The van der Waals surface area contributed by atoms with E-state index in [4.69, 9.17) is 4.74 Å². The van der Waals surface area contributed by atoms with Gasteiger partial charge in [0.1, 0.15) is 0 Å². The Morgan fingerprint density at radius 3 is 2.95 bits per heavy atom. The number of halogens is 1. The van der Waals surface area contributed by atoms with Crippen LogP contribution in [0.4, 0.5) is 4.39 Å². The van der Waals surface area contributed by atoms with Crippen LogP contribution in [0, 0.1) is 5.82 Å². The van der Waals surface area contributed by atoms with Crippen molar-refractivity contribution in [2.75, 3.05) is 19.4 Å². The number of benzene rings is 1. The number of hydrogen-bond donors (Lipinski definition) is 1. The molecule has 21 heavy (non-hydrogen) atoms. The molecule has 2 nitrogen and oxygen atoms in total. The Morgan fingerprint density at radius 2 is 2.29 bits per heavy atom. The molecule has 1 aromatic rings. The minimum absolute atomic E-state index is 0.205. The highest BCUT2D eigenvalue weighted by Gasteiger charge is 2.25. The molecule has 1 aliphatic heterocycles. The van der Waals surface area contributed by atoms with Crippen molar-refractivity contribution >= 4 is 11.8 Å². The van der Waals surface area contributed by atoms with Gasteiger partial charge in [0.05, 0.1) is 7.11 Å². The van der Waals surface area contributed by atoms with E-state index in [1.54, 1.807) is 6.07 Å². The summed E-state index contributed by atoms with van der Waals surface area (Å²) in [7, 11) is 1.52. The van der Waals surface area contributed by atoms with Crippen molar-refractivity contribution in [2.45, 2.75) is 50.3 Å². The summed E-state index contributed by atoms with van der Waals surface area (Å²) < 4.78 is 19.5. The van der Waals surface area contributed by atoms with E-state index in [9.17, 15) is 4.39 Å². The van der Waals surface area contributed by atoms with E-state index < -0.39 is 0 Å². The first-order valence-electron chi connectivity index (χ1n) is 7.92. The van der Waals surface area contributed by atoms with Crippen LogP contribution in [0.15, 0.2) is 18.2 Å². The van der Waals surface area contributed by atoms with E-state index in [0.29, 0.717) is 17.0 Å². The second kappa shape index (κ2) is 8.64. The van der Waals surface area contributed by atoms with Crippen LogP contribution in [0.1, 0.15) is 38.2 Å². The van der Waals surface area contributed by atoms with Gasteiger partial charge in [0.15, 0.2) is 11.6 Å². The molecule has 0 amide bonds. The molecule has 2 rings (SSSR count). The summed E-state index contributed by atoms with van der Waals surface area (Å²) in [5.74, 6) is 1.37. The van der Waals surface area contributed by atoms with Crippen LogP contribution in [0.2, 0.25) is 0 Å². The molecule has 0 bridgehead atoms. The van der Waals surface area contributed by atoms with Crippen LogP contribution in [0.3, 0.4) is 0 Å². The maximum Gasteiger partial charge on any atom is 0.168 e. The molecule has 118 valence electrons. The topological polar surface area (TPSA) is 21.3 Å². The molecule has 0 aromatic heterocycles. The lowest BCUT2D eigenvalue weighted by Gasteiger charge is -2.31. The molecule has 0 saturated carbocycles. The minimum Gasteiger partial charge on any atom is -0.494 e. The SMILES string of the molecule is CCCNC(Cc1cccc(OC)c1F)C1CCCCS1. The van der Waals surface area contributed by atoms with Gasteiger partial charge in [-0.2, -0.15) is 11.8 Å². The van der Waals surface area contributed by atoms with Crippen molar-refractivity contribution in [3.05, 3.63) is 29.6 Å². The van der Waals surface area contributed by atoms with Gasteiger partial charge in [0, 0.05) is 11.3 Å². The van der Waals surface area contributed by atoms with Crippen molar-refractivity contribution in [1.29, 1.82) is 0 Å². The van der Waals surface area contributed by atoms with Crippen molar-refractivity contribution < 1.29 is 9.13 Å². The van der Waals surface area contributed by atoms with Crippen LogP contribution in [-0.4, -0.2) is 30.7 Å². The molecule has 1 aliphatic rings. The Balaban J connectivity index is 2.10. The van der Waals surface area contributed by atoms with Crippen molar-refractivity contribution in [3.8, 4) is 5.75 Å². The molecule has 4 heteroatoms. The summed E-state index contributed by atoms with van der Waals surface area (Å²) in [5.41, 5.74) is 0.758. The third kappa shape index (κ3) is 4.62. The maximum atomic E-state index is 14.4. The molecule has 2 atom stereocenters. The van der Waals surface area contributed by atoms with Gasteiger partial charge in [-0.05, 0) is 49.6 Å². The highest BCUT2D eigenvalue weighted by molar-refractivity contribution is 8.00. The van der Waals surface area contributed by atoms with Gasteiger partial charge in [-0.15, -0.1) is 0 Å². The predicted octanol–water partition coefficient (Wildman–Crippen LogP) is 4.03. The van der Waals surface area contributed by atoms with Gasteiger partial charge < -0.3 is 10.1 Å². The van der Waals surface area contributed by atoms with E-state index in [2.05, 4.69) is 12.2 Å². The first-order chi connectivity index (χ1) is 10.3. The number of ether oxygens (including phenoxy) is 1. The second-order valence-electron chi connectivity index (χ2n) is 5.60. The quantitative estimate of drug-likeness (QED) is 0.821. The van der Waals surface area contributed by atoms with Crippen LogP contribution in [0.5, 0.6) is 5.75 Å². The molecule has 0 spiro atoms. The van der Waals surface area contributed by atoms with E-state index in [-0.39, 0.29) is 5.82 Å². The van der Waals surface area contributed by atoms with Crippen LogP contribution < -0.4 is 10.1 Å². The zero-order chi connectivity index (χ0) is 15.1. The fourth-order valence-corrected chi connectivity index (χ4v) is 4.29. The monoisotopic (exact) mass is 311 g/mol. The van der Waals surface area contributed by atoms with Gasteiger partial charge >= 0.3 is 0 Å². The zero-order valence-corrected chi connectivity index (χ0v) is 13.8. The molecule has 1 fully saturated rings. The lowest BCUT2D eigenvalue weighted by molar-refractivity contribution is 0.381. The average Bonchev–Trinajstić information content (AvgIpc) is 2.53. The Labute approximate surface area is 131 Å².